The fourth-order valence-corrected chi connectivity index (χ4v) is 1.51. The largest absolute Gasteiger partial charge is 0.198 e. The van der Waals surface area contributed by atoms with Crippen molar-refractivity contribution in [3.63, 3.8) is 0 Å². The van der Waals surface area contributed by atoms with Gasteiger partial charge in [0.15, 0.2) is 0 Å². The van der Waals surface area contributed by atoms with Gasteiger partial charge in [-0.1, -0.05) is 48.5 Å². The third-order valence-electron chi connectivity index (χ3n) is 2.22. The zero-order valence-electron chi connectivity index (χ0n) is 8.22. The summed E-state index contributed by atoms with van der Waals surface area (Å²) in [6.07, 6.45) is 1.55. The molecule has 0 fully saturated rings. The summed E-state index contributed by atoms with van der Waals surface area (Å²) in [7, 11) is 0. The number of nitriles is 1. The molecule has 0 aromatic heterocycles. The van der Waals surface area contributed by atoms with Crippen LogP contribution in [0.15, 0.2) is 54.6 Å². The predicted molar refractivity (Wildman–Crippen MR) is 60.9 cm³/mol. The molecule has 0 aliphatic heterocycles. The maximum Gasteiger partial charge on any atom is 0.0912 e. The molecule has 0 N–H and O–H groups in total. The van der Waals surface area contributed by atoms with E-state index in [-0.39, 0.29) is 0 Å². The molecule has 0 heterocycles. The summed E-state index contributed by atoms with van der Waals surface area (Å²) >= 11 is 0. The lowest BCUT2D eigenvalue weighted by Crippen LogP contribution is -1.81. The van der Waals surface area contributed by atoms with Crippen LogP contribution in [0.3, 0.4) is 0 Å². The number of rotatable bonds is 2. The number of hydrogen-bond acceptors (Lipinski definition) is 1. The van der Waals surface area contributed by atoms with E-state index in [1.165, 1.54) is 5.56 Å². The molecule has 1 nitrogen and oxygen atoms in total. The Morgan fingerprint density at radius 3 is 2.33 bits per heavy atom. The van der Waals surface area contributed by atoms with Crippen LogP contribution in [0.5, 0.6) is 0 Å². The van der Waals surface area contributed by atoms with E-state index in [2.05, 4.69) is 12.1 Å². The van der Waals surface area contributed by atoms with Crippen LogP contribution in [0.4, 0.5) is 0 Å². The van der Waals surface area contributed by atoms with Crippen LogP contribution in [0.25, 0.3) is 11.1 Å². The Bertz CT molecular complexity index is 480. The Kier molecular flexibility index (Phi) is 2.80. The molecular formula is C14H10N. The molecular weight excluding hydrogens is 182 g/mol. The van der Waals surface area contributed by atoms with Crippen molar-refractivity contribution in [2.24, 2.45) is 0 Å². The minimum atomic E-state index is 0.943. The third kappa shape index (κ3) is 2.24. The lowest BCUT2D eigenvalue weighted by atomic mass is 10.0. The molecule has 0 saturated heterocycles. The Morgan fingerprint density at radius 2 is 1.60 bits per heavy atom. The molecule has 2 aromatic rings. The fraction of sp³-hybridized carbons (Fsp3) is 0. The molecule has 0 amide bonds. The van der Waals surface area contributed by atoms with Crippen molar-refractivity contribution < 1.29 is 0 Å². The maximum absolute atomic E-state index is 8.58. The Balaban J connectivity index is 2.38. The van der Waals surface area contributed by atoms with Gasteiger partial charge in [-0.05, 0) is 22.8 Å². The third-order valence-corrected chi connectivity index (χ3v) is 2.22. The van der Waals surface area contributed by atoms with E-state index < -0.39 is 0 Å². The molecule has 1 heteroatoms. The number of nitrogens with zero attached hydrogens (tertiary/aromatic N) is 1. The van der Waals surface area contributed by atoms with Crippen LogP contribution in [0, 0.1) is 17.8 Å². The molecule has 0 spiro atoms. The van der Waals surface area contributed by atoms with Gasteiger partial charge in [0.2, 0.25) is 0 Å². The van der Waals surface area contributed by atoms with Crippen LogP contribution in [0.1, 0.15) is 5.56 Å². The van der Waals surface area contributed by atoms with E-state index in [0.29, 0.717) is 0 Å². The molecule has 71 valence electrons. The second-order valence-electron chi connectivity index (χ2n) is 3.26. The average Bonchev–Trinajstić information content (AvgIpc) is 2.31. The zero-order chi connectivity index (χ0) is 10.5. The van der Waals surface area contributed by atoms with Gasteiger partial charge in [0.05, 0.1) is 12.5 Å². The molecule has 0 aliphatic rings. The molecule has 15 heavy (non-hydrogen) atoms. The first-order valence-corrected chi connectivity index (χ1v) is 4.78. The van der Waals surface area contributed by atoms with Crippen molar-refractivity contribution in [1.29, 1.82) is 5.26 Å². The Labute approximate surface area is 89.6 Å². The molecule has 2 rings (SSSR count). The predicted octanol–water partition coefficient (Wildman–Crippen LogP) is 3.43. The quantitative estimate of drug-likeness (QED) is 0.715. The first-order chi connectivity index (χ1) is 7.40. The standard InChI is InChI=1S/C14H10N/c15-10-9-12-5-4-8-14(11-12)13-6-2-1-3-7-13/h1-9,11H. The van der Waals surface area contributed by atoms with Crippen LogP contribution in [-0.4, -0.2) is 0 Å². The van der Waals surface area contributed by atoms with Crippen molar-refractivity contribution in [2.75, 3.05) is 0 Å². The van der Waals surface area contributed by atoms with Gasteiger partial charge in [-0.15, -0.1) is 0 Å². The normalized spacial score (nSPS) is 9.53. The summed E-state index contributed by atoms with van der Waals surface area (Å²) in [5.74, 6) is 0. The molecule has 2 aromatic carbocycles. The van der Waals surface area contributed by atoms with Crippen molar-refractivity contribution in [1.82, 2.24) is 0 Å². The van der Waals surface area contributed by atoms with Crippen LogP contribution in [0.2, 0.25) is 0 Å². The maximum atomic E-state index is 8.58. The van der Waals surface area contributed by atoms with Gasteiger partial charge in [0.1, 0.15) is 0 Å². The minimum Gasteiger partial charge on any atom is -0.198 e. The van der Waals surface area contributed by atoms with E-state index in [9.17, 15) is 0 Å². The van der Waals surface area contributed by atoms with Gasteiger partial charge in [-0.25, -0.2) is 0 Å². The van der Waals surface area contributed by atoms with Gasteiger partial charge < -0.3 is 0 Å². The van der Waals surface area contributed by atoms with Crippen LogP contribution >= 0.6 is 0 Å². The molecule has 0 unspecified atom stereocenters. The monoisotopic (exact) mass is 192 g/mol. The average molecular weight is 192 g/mol. The second kappa shape index (κ2) is 4.43. The summed E-state index contributed by atoms with van der Waals surface area (Å²) in [4.78, 5) is 0. The van der Waals surface area contributed by atoms with Crippen molar-refractivity contribution in [3.8, 4) is 17.2 Å². The Hall–Kier alpha value is -2.07. The lowest BCUT2D eigenvalue weighted by molar-refractivity contribution is 1.45. The SMILES string of the molecule is N#C[CH]c1cccc(-c2ccccc2)c1. The minimum absolute atomic E-state index is 0.943. The van der Waals surface area contributed by atoms with Gasteiger partial charge in [-0.3, -0.25) is 0 Å². The number of hydrogen-bond donors (Lipinski definition) is 0. The lowest BCUT2D eigenvalue weighted by Gasteiger charge is -2.02. The fourth-order valence-electron chi connectivity index (χ4n) is 1.51. The van der Waals surface area contributed by atoms with Gasteiger partial charge in [0, 0.05) is 0 Å². The molecule has 0 atom stereocenters. The summed E-state index contributed by atoms with van der Waals surface area (Å²) < 4.78 is 0. The van der Waals surface area contributed by atoms with Crippen molar-refractivity contribution >= 4 is 0 Å². The zero-order valence-corrected chi connectivity index (χ0v) is 8.22. The van der Waals surface area contributed by atoms with Crippen molar-refractivity contribution in [2.45, 2.75) is 0 Å². The highest BCUT2D eigenvalue weighted by atomic mass is 14.2. The van der Waals surface area contributed by atoms with E-state index in [1.807, 2.05) is 48.5 Å². The first kappa shape index (κ1) is 9.48. The van der Waals surface area contributed by atoms with E-state index >= 15 is 0 Å². The topological polar surface area (TPSA) is 23.8 Å². The number of benzene rings is 2. The van der Waals surface area contributed by atoms with Gasteiger partial charge in [0.25, 0.3) is 0 Å². The second-order valence-corrected chi connectivity index (χ2v) is 3.26. The molecule has 0 saturated carbocycles. The summed E-state index contributed by atoms with van der Waals surface area (Å²) in [6, 6.07) is 20.1. The van der Waals surface area contributed by atoms with Crippen LogP contribution < -0.4 is 0 Å². The summed E-state index contributed by atoms with van der Waals surface area (Å²) in [6.45, 7) is 0. The highest BCUT2D eigenvalue weighted by molar-refractivity contribution is 5.64. The summed E-state index contributed by atoms with van der Waals surface area (Å²) in [5, 5.41) is 8.58. The van der Waals surface area contributed by atoms with Crippen LogP contribution in [-0.2, 0) is 0 Å². The first-order valence-electron chi connectivity index (χ1n) is 4.78. The molecule has 1 radical (unpaired) electrons. The van der Waals surface area contributed by atoms with Gasteiger partial charge in [-0.2, -0.15) is 5.26 Å². The molecule has 0 bridgehead atoms. The van der Waals surface area contributed by atoms with E-state index in [0.717, 1.165) is 11.1 Å². The molecule has 0 aliphatic carbocycles. The van der Waals surface area contributed by atoms with Crippen molar-refractivity contribution in [3.05, 3.63) is 66.6 Å². The summed E-state index contributed by atoms with van der Waals surface area (Å²) in [5.41, 5.74) is 3.25. The highest BCUT2D eigenvalue weighted by Crippen LogP contribution is 2.20. The highest BCUT2D eigenvalue weighted by Gasteiger charge is 1.97. The van der Waals surface area contributed by atoms with E-state index in [1.54, 1.807) is 6.42 Å². The van der Waals surface area contributed by atoms with Gasteiger partial charge >= 0.3 is 0 Å². The Morgan fingerprint density at radius 1 is 0.867 bits per heavy atom. The smallest absolute Gasteiger partial charge is 0.0912 e. The van der Waals surface area contributed by atoms with E-state index in [4.69, 9.17) is 5.26 Å².